The van der Waals surface area contributed by atoms with E-state index in [1.54, 1.807) is 0 Å². The SMILES string of the molecule is O=C(Cc1c(F)cccc1F)N1C[C@@H](O)[C@@H](O)C1. The molecule has 1 fully saturated rings. The second-order valence-corrected chi connectivity index (χ2v) is 4.31. The van der Waals surface area contributed by atoms with Gasteiger partial charge in [-0.3, -0.25) is 4.79 Å². The Morgan fingerprint density at radius 2 is 1.72 bits per heavy atom. The fourth-order valence-electron chi connectivity index (χ4n) is 1.94. The largest absolute Gasteiger partial charge is 0.388 e. The Morgan fingerprint density at radius 1 is 1.22 bits per heavy atom. The zero-order valence-electron chi connectivity index (χ0n) is 9.51. The summed E-state index contributed by atoms with van der Waals surface area (Å²) in [6, 6.07) is 3.39. The van der Waals surface area contributed by atoms with E-state index in [-0.39, 0.29) is 18.7 Å². The third kappa shape index (κ3) is 2.49. The Kier molecular flexibility index (Phi) is 3.58. The number of aliphatic hydroxyl groups excluding tert-OH is 2. The number of carbonyl (C=O) groups is 1. The molecule has 0 saturated carbocycles. The molecule has 1 aromatic rings. The highest BCUT2D eigenvalue weighted by molar-refractivity contribution is 5.79. The van der Waals surface area contributed by atoms with E-state index in [9.17, 15) is 23.8 Å². The van der Waals surface area contributed by atoms with Crippen molar-refractivity contribution in [2.45, 2.75) is 18.6 Å². The first-order chi connectivity index (χ1) is 8.49. The topological polar surface area (TPSA) is 60.8 Å². The number of β-amino-alcohol motifs (C(OH)–C–C–N with tert-alkyl or cyclic N) is 2. The van der Waals surface area contributed by atoms with Gasteiger partial charge in [0.1, 0.15) is 11.6 Å². The first-order valence-electron chi connectivity index (χ1n) is 5.56. The Bertz CT molecular complexity index is 436. The maximum atomic E-state index is 13.3. The molecule has 0 aliphatic carbocycles. The minimum absolute atomic E-state index is 0.0178. The number of nitrogens with zero attached hydrogens (tertiary/aromatic N) is 1. The zero-order valence-corrected chi connectivity index (χ0v) is 9.51. The normalized spacial score (nSPS) is 23.4. The van der Waals surface area contributed by atoms with Gasteiger partial charge >= 0.3 is 0 Å². The lowest BCUT2D eigenvalue weighted by molar-refractivity contribution is -0.130. The molecular weight excluding hydrogens is 244 g/mol. The second kappa shape index (κ2) is 4.99. The number of rotatable bonds is 2. The first kappa shape index (κ1) is 12.9. The number of carbonyl (C=O) groups excluding carboxylic acids is 1. The van der Waals surface area contributed by atoms with Crippen molar-refractivity contribution in [3.8, 4) is 0 Å². The zero-order chi connectivity index (χ0) is 13.3. The van der Waals surface area contributed by atoms with Gasteiger partial charge in [0.2, 0.25) is 5.91 Å². The highest BCUT2D eigenvalue weighted by atomic mass is 19.1. The molecule has 0 unspecified atom stereocenters. The van der Waals surface area contributed by atoms with Crippen molar-refractivity contribution in [3.05, 3.63) is 35.4 Å². The lowest BCUT2D eigenvalue weighted by Crippen LogP contribution is -2.31. The smallest absolute Gasteiger partial charge is 0.227 e. The molecule has 1 aliphatic rings. The number of hydrogen-bond acceptors (Lipinski definition) is 3. The van der Waals surface area contributed by atoms with Crippen LogP contribution in [0.15, 0.2) is 18.2 Å². The van der Waals surface area contributed by atoms with Gasteiger partial charge in [0.05, 0.1) is 18.6 Å². The van der Waals surface area contributed by atoms with Gasteiger partial charge in [0, 0.05) is 18.7 Å². The molecular formula is C12H13F2NO3. The molecule has 2 atom stereocenters. The number of benzene rings is 1. The number of hydrogen-bond donors (Lipinski definition) is 2. The third-order valence-corrected chi connectivity index (χ3v) is 3.00. The van der Waals surface area contributed by atoms with Crippen molar-refractivity contribution in [2.24, 2.45) is 0 Å². The third-order valence-electron chi connectivity index (χ3n) is 3.00. The first-order valence-corrected chi connectivity index (χ1v) is 5.56. The molecule has 1 heterocycles. The number of aliphatic hydroxyl groups is 2. The van der Waals surface area contributed by atoms with Gasteiger partial charge in [-0.1, -0.05) is 6.07 Å². The molecule has 0 aromatic heterocycles. The molecule has 6 heteroatoms. The fraction of sp³-hybridized carbons (Fsp3) is 0.417. The highest BCUT2D eigenvalue weighted by Crippen LogP contribution is 2.16. The van der Waals surface area contributed by atoms with Crippen LogP contribution in [0.4, 0.5) is 8.78 Å². The lowest BCUT2D eigenvalue weighted by Gasteiger charge is -2.15. The minimum atomic E-state index is -1.00. The van der Waals surface area contributed by atoms with Gasteiger partial charge in [0.15, 0.2) is 0 Å². The van der Waals surface area contributed by atoms with Crippen molar-refractivity contribution >= 4 is 5.91 Å². The van der Waals surface area contributed by atoms with Crippen molar-refractivity contribution in [3.63, 3.8) is 0 Å². The molecule has 0 spiro atoms. The summed E-state index contributed by atoms with van der Waals surface area (Å²) in [6.07, 6.45) is -2.42. The molecule has 0 radical (unpaired) electrons. The summed E-state index contributed by atoms with van der Waals surface area (Å²) in [5.41, 5.74) is -0.293. The van der Waals surface area contributed by atoms with Gasteiger partial charge in [-0.2, -0.15) is 0 Å². The Balaban J connectivity index is 2.08. The van der Waals surface area contributed by atoms with Crippen molar-refractivity contribution in [2.75, 3.05) is 13.1 Å². The molecule has 18 heavy (non-hydrogen) atoms. The van der Waals surface area contributed by atoms with E-state index in [1.165, 1.54) is 11.0 Å². The van der Waals surface area contributed by atoms with Crippen LogP contribution in [0.25, 0.3) is 0 Å². The number of likely N-dealkylation sites (tertiary alicyclic amines) is 1. The molecule has 1 amide bonds. The molecule has 4 nitrogen and oxygen atoms in total. The van der Waals surface area contributed by atoms with Crippen LogP contribution in [0.1, 0.15) is 5.56 Å². The fourth-order valence-corrected chi connectivity index (χ4v) is 1.94. The number of halogens is 2. The molecule has 1 aromatic carbocycles. The van der Waals surface area contributed by atoms with Crippen molar-refractivity contribution in [1.82, 2.24) is 4.90 Å². The molecule has 98 valence electrons. The van der Waals surface area contributed by atoms with Gasteiger partial charge < -0.3 is 15.1 Å². The standard InChI is InChI=1S/C12H13F2NO3/c13-8-2-1-3-9(14)7(8)4-12(18)15-5-10(16)11(17)6-15/h1-3,10-11,16-17H,4-6H2/t10-,11+. The average Bonchev–Trinajstić information content (AvgIpc) is 2.64. The quantitative estimate of drug-likeness (QED) is 0.788. The summed E-state index contributed by atoms with van der Waals surface area (Å²) in [6.45, 7) is -0.0356. The summed E-state index contributed by atoms with van der Waals surface area (Å²) < 4.78 is 26.7. The van der Waals surface area contributed by atoms with Crippen LogP contribution >= 0.6 is 0 Å². The Labute approximate surface area is 102 Å². The van der Waals surface area contributed by atoms with E-state index in [4.69, 9.17) is 0 Å². The summed E-state index contributed by atoms with van der Waals surface area (Å²) in [5.74, 6) is -2.07. The Morgan fingerprint density at radius 3 is 2.22 bits per heavy atom. The molecule has 2 N–H and O–H groups in total. The van der Waals surface area contributed by atoms with Gasteiger partial charge in [-0.15, -0.1) is 0 Å². The Hall–Kier alpha value is -1.53. The van der Waals surface area contributed by atoms with E-state index < -0.39 is 36.2 Å². The lowest BCUT2D eigenvalue weighted by atomic mass is 10.1. The van der Waals surface area contributed by atoms with Crippen LogP contribution in [-0.4, -0.2) is 46.3 Å². The molecule has 1 saturated heterocycles. The van der Waals surface area contributed by atoms with Crippen LogP contribution in [0.2, 0.25) is 0 Å². The van der Waals surface area contributed by atoms with Crippen molar-refractivity contribution < 1.29 is 23.8 Å². The summed E-state index contributed by atoms with van der Waals surface area (Å²) in [4.78, 5) is 13.0. The summed E-state index contributed by atoms with van der Waals surface area (Å²) >= 11 is 0. The van der Waals surface area contributed by atoms with Crippen LogP contribution in [0.3, 0.4) is 0 Å². The van der Waals surface area contributed by atoms with Gasteiger partial charge in [-0.25, -0.2) is 8.78 Å². The predicted octanol–water partition coefficient (Wildman–Crippen LogP) is 0.0713. The van der Waals surface area contributed by atoms with E-state index in [2.05, 4.69) is 0 Å². The maximum absolute atomic E-state index is 13.3. The van der Waals surface area contributed by atoms with Crippen LogP contribution in [-0.2, 0) is 11.2 Å². The maximum Gasteiger partial charge on any atom is 0.227 e. The molecule has 0 bridgehead atoms. The summed E-state index contributed by atoms with van der Waals surface area (Å²) in [7, 11) is 0. The van der Waals surface area contributed by atoms with Crippen LogP contribution < -0.4 is 0 Å². The molecule has 1 aliphatic heterocycles. The van der Waals surface area contributed by atoms with Crippen molar-refractivity contribution in [1.29, 1.82) is 0 Å². The van der Waals surface area contributed by atoms with Gasteiger partial charge in [-0.05, 0) is 12.1 Å². The van der Waals surface area contributed by atoms with E-state index in [0.29, 0.717) is 0 Å². The van der Waals surface area contributed by atoms with E-state index in [1.807, 2.05) is 0 Å². The minimum Gasteiger partial charge on any atom is -0.388 e. The highest BCUT2D eigenvalue weighted by Gasteiger charge is 2.32. The monoisotopic (exact) mass is 257 g/mol. The second-order valence-electron chi connectivity index (χ2n) is 4.31. The van der Waals surface area contributed by atoms with Crippen LogP contribution in [0, 0.1) is 11.6 Å². The molecule has 2 rings (SSSR count). The predicted molar refractivity (Wildman–Crippen MR) is 58.7 cm³/mol. The average molecular weight is 257 g/mol. The van der Waals surface area contributed by atoms with E-state index >= 15 is 0 Å². The summed E-state index contributed by atoms with van der Waals surface area (Å²) in [5, 5.41) is 18.6. The van der Waals surface area contributed by atoms with Crippen LogP contribution in [0.5, 0.6) is 0 Å². The number of amides is 1. The van der Waals surface area contributed by atoms with Gasteiger partial charge in [0.25, 0.3) is 0 Å². The van der Waals surface area contributed by atoms with E-state index in [0.717, 1.165) is 12.1 Å².